The number of aryl methyl sites for hydroxylation is 1. The average molecular weight is 282 g/mol. The van der Waals surface area contributed by atoms with Crippen molar-refractivity contribution < 1.29 is 9.47 Å². The molecule has 0 heterocycles. The lowest BCUT2D eigenvalue weighted by Gasteiger charge is -2.18. The van der Waals surface area contributed by atoms with E-state index in [-0.39, 0.29) is 6.10 Å². The molecule has 0 spiro atoms. The minimum Gasteiger partial charge on any atom is -0.497 e. The third-order valence-corrected chi connectivity index (χ3v) is 3.19. The van der Waals surface area contributed by atoms with E-state index in [9.17, 15) is 0 Å². The standard InChI is InChI=1S/C17H18N2O2/c1-12-3-5-14(6-4-12)17(11-19)21-16-8-13(10-18)7-15(9-16)20-2/h3-9,17H,11,19H2,1-2H3. The lowest BCUT2D eigenvalue weighted by atomic mass is 10.1. The first-order chi connectivity index (χ1) is 10.2. The fourth-order valence-electron chi connectivity index (χ4n) is 2.02. The van der Waals surface area contributed by atoms with Crippen LogP contribution in [0.3, 0.4) is 0 Å². The Morgan fingerprint density at radius 3 is 2.38 bits per heavy atom. The molecule has 0 aliphatic heterocycles. The smallest absolute Gasteiger partial charge is 0.136 e. The van der Waals surface area contributed by atoms with Crippen LogP contribution >= 0.6 is 0 Å². The van der Waals surface area contributed by atoms with Crippen molar-refractivity contribution in [1.82, 2.24) is 0 Å². The summed E-state index contributed by atoms with van der Waals surface area (Å²) in [6.45, 7) is 2.38. The summed E-state index contributed by atoms with van der Waals surface area (Å²) in [6.07, 6.45) is -0.260. The number of nitrogens with two attached hydrogens (primary N) is 1. The molecule has 0 bridgehead atoms. The molecule has 108 valence electrons. The number of ether oxygens (including phenoxy) is 2. The molecule has 0 saturated heterocycles. The zero-order valence-electron chi connectivity index (χ0n) is 12.2. The van der Waals surface area contributed by atoms with Crippen molar-refractivity contribution in [2.75, 3.05) is 13.7 Å². The molecule has 21 heavy (non-hydrogen) atoms. The molecule has 1 unspecified atom stereocenters. The second-order valence-corrected chi connectivity index (χ2v) is 4.76. The quantitative estimate of drug-likeness (QED) is 0.915. The van der Waals surface area contributed by atoms with Crippen molar-refractivity contribution in [2.45, 2.75) is 13.0 Å². The fraction of sp³-hybridized carbons (Fsp3) is 0.235. The molecule has 1 atom stereocenters. The first-order valence-electron chi connectivity index (χ1n) is 6.68. The number of methoxy groups -OCH3 is 1. The first-order valence-corrected chi connectivity index (χ1v) is 6.68. The Morgan fingerprint density at radius 2 is 1.81 bits per heavy atom. The zero-order valence-corrected chi connectivity index (χ0v) is 12.2. The molecular weight excluding hydrogens is 264 g/mol. The minimum atomic E-state index is -0.260. The molecule has 2 aromatic carbocycles. The van der Waals surface area contributed by atoms with Gasteiger partial charge in [0.1, 0.15) is 17.6 Å². The predicted octanol–water partition coefficient (Wildman–Crippen LogP) is 2.95. The van der Waals surface area contributed by atoms with E-state index in [0.29, 0.717) is 23.6 Å². The van der Waals surface area contributed by atoms with Crippen LogP contribution in [0.15, 0.2) is 42.5 Å². The highest BCUT2D eigenvalue weighted by Crippen LogP contribution is 2.27. The van der Waals surface area contributed by atoms with Crippen LogP contribution in [-0.4, -0.2) is 13.7 Å². The summed E-state index contributed by atoms with van der Waals surface area (Å²) in [7, 11) is 1.56. The first kappa shape index (κ1) is 14.9. The third kappa shape index (κ3) is 3.74. The molecule has 2 aromatic rings. The van der Waals surface area contributed by atoms with Gasteiger partial charge in [-0.1, -0.05) is 29.8 Å². The highest BCUT2D eigenvalue weighted by molar-refractivity contribution is 5.44. The van der Waals surface area contributed by atoms with Gasteiger partial charge in [0, 0.05) is 12.6 Å². The second kappa shape index (κ2) is 6.78. The van der Waals surface area contributed by atoms with Crippen LogP contribution in [-0.2, 0) is 0 Å². The SMILES string of the molecule is COc1cc(C#N)cc(OC(CN)c2ccc(C)cc2)c1. The van der Waals surface area contributed by atoms with E-state index in [2.05, 4.69) is 6.07 Å². The van der Waals surface area contributed by atoms with E-state index in [1.54, 1.807) is 25.3 Å². The monoisotopic (exact) mass is 282 g/mol. The van der Waals surface area contributed by atoms with E-state index in [4.69, 9.17) is 20.5 Å². The van der Waals surface area contributed by atoms with Crippen molar-refractivity contribution in [1.29, 1.82) is 5.26 Å². The molecule has 0 aromatic heterocycles. The summed E-state index contributed by atoms with van der Waals surface area (Å²) in [5.74, 6) is 1.16. The Bertz CT molecular complexity index is 645. The maximum Gasteiger partial charge on any atom is 0.136 e. The summed E-state index contributed by atoms with van der Waals surface area (Å²) in [6, 6.07) is 15.2. The highest BCUT2D eigenvalue weighted by atomic mass is 16.5. The van der Waals surface area contributed by atoms with Gasteiger partial charge in [-0.2, -0.15) is 5.26 Å². The van der Waals surface area contributed by atoms with Crippen molar-refractivity contribution in [2.24, 2.45) is 5.73 Å². The number of hydrogen-bond donors (Lipinski definition) is 1. The molecule has 0 amide bonds. The second-order valence-electron chi connectivity index (χ2n) is 4.76. The molecule has 4 heteroatoms. The minimum absolute atomic E-state index is 0.260. The summed E-state index contributed by atoms with van der Waals surface area (Å²) < 4.78 is 11.1. The van der Waals surface area contributed by atoms with Crippen LogP contribution in [0, 0.1) is 18.3 Å². The van der Waals surface area contributed by atoms with Crippen LogP contribution in [0.5, 0.6) is 11.5 Å². The van der Waals surface area contributed by atoms with Crippen molar-refractivity contribution in [3.8, 4) is 17.6 Å². The average Bonchev–Trinajstić information content (AvgIpc) is 2.53. The maximum absolute atomic E-state index is 9.04. The number of nitrogens with zero attached hydrogens (tertiary/aromatic N) is 1. The lowest BCUT2D eigenvalue weighted by molar-refractivity contribution is 0.213. The van der Waals surface area contributed by atoms with Gasteiger partial charge >= 0.3 is 0 Å². The Kier molecular flexibility index (Phi) is 4.81. The van der Waals surface area contributed by atoms with Gasteiger partial charge < -0.3 is 15.2 Å². The molecule has 2 N–H and O–H groups in total. The van der Waals surface area contributed by atoms with Gasteiger partial charge in [0.05, 0.1) is 18.7 Å². The molecule has 0 radical (unpaired) electrons. The topological polar surface area (TPSA) is 68.3 Å². The summed E-state index contributed by atoms with van der Waals surface area (Å²) in [5.41, 5.74) is 8.49. The Balaban J connectivity index is 2.26. The van der Waals surface area contributed by atoms with E-state index in [1.807, 2.05) is 31.2 Å². The van der Waals surface area contributed by atoms with Crippen LogP contribution in [0.4, 0.5) is 0 Å². The predicted molar refractivity (Wildman–Crippen MR) is 81.3 cm³/mol. The summed E-state index contributed by atoms with van der Waals surface area (Å²) in [5, 5.41) is 9.04. The molecule has 2 rings (SSSR count). The third-order valence-electron chi connectivity index (χ3n) is 3.19. The van der Waals surface area contributed by atoms with Crippen molar-refractivity contribution in [3.05, 3.63) is 59.2 Å². The van der Waals surface area contributed by atoms with E-state index < -0.39 is 0 Å². The zero-order chi connectivity index (χ0) is 15.2. The van der Waals surface area contributed by atoms with Crippen molar-refractivity contribution >= 4 is 0 Å². The number of benzene rings is 2. The molecule has 0 saturated carbocycles. The Morgan fingerprint density at radius 1 is 1.14 bits per heavy atom. The van der Waals surface area contributed by atoms with Gasteiger partial charge in [-0.25, -0.2) is 0 Å². The van der Waals surface area contributed by atoms with Crippen molar-refractivity contribution in [3.63, 3.8) is 0 Å². The molecule has 0 aliphatic carbocycles. The van der Waals surface area contributed by atoms with Gasteiger partial charge in [0.15, 0.2) is 0 Å². The summed E-state index contributed by atoms with van der Waals surface area (Å²) in [4.78, 5) is 0. The van der Waals surface area contributed by atoms with Crippen LogP contribution in [0.1, 0.15) is 22.8 Å². The fourth-order valence-corrected chi connectivity index (χ4v) is 2.02. The number of rotatable bonds is 5. The van der Waals surface area contributed by atoms with E-state index in [1.165, 1.54) is 5.56 Å². The number of hydrogen-bond acceptors (Lipinski definition) is 4. The van der Waals surface area contributed by atoms with E-state index in [0.717, 1.165) is 5.56 Å². The van der Waals surface area contributed by atoms with Crippen LogP contribution < -0.4 is 15.2 Å². The van der Waals surface area contributed by atoms with Gasteiger partial charge in [-0.05, 0) is 24.6 Å². The molecule has 4 nitrogen and oxygen atoms in total. The molecular formula is C17H18N2O2. The van der Waals surface area contributed by atoms with Gasteiger partial charge in [-0.3, -0.25) is 0 Å². The molecule has 0 fully saturated rings. The van der Waals surface area contributed by atoms with Gasteiger partial charge in [-0.15, -0.1) is 0 Å². The largest absolute Gasteiger partial charge is 0.497 e. The lowest BCUT2D eigenvalue weighted by Crippen LogP contribution is -2.18. The normalized spacial score (nSPS) is 11.5. The Hall–Kier alpha value is -2.51. The number of nitriles is 1. The maximum atomic E-state index is 9.04. The Labute approximate surface area is 124 Å². The van der Waals surface area contributed by atoms with Crippen LogP contribution in [0.25, 0.3) is 0 Å². The van der Waals surface area contributed by atoms with Gasteiger partial charge in [0.25, 0.3) is 0 Å². The van der Waals surface area contributed by atoms with Crippen LogP contribution in [0.2, 0.25) is 0 Å². The molecule has 0 aliphatic rings. The van der Waals surface area contributed by atoms with E-state index >= 15 is 0 Å². The highest BCUT2D eigenvalue weighted by Gasteiger charge is 2.12. The summed E-state index contributed by atoms with van der Waals surface area (Å²) >= 11 is 0. The van der Waals surface area contributed by atoms with Gasteiger partial charge in [0.2, 0.25) is 0 Å².